The Morgan fingerprint density at radius 3 is 2.39 bits per heavy atom. The van der Waals surface area contributed by atoms with Gasteiger partial charge in [-0.2, -0.15) is 0 Å². The predicted octanol–water partition coefficient (Wildman–Crippen LogP) is 7.96. The minimum Gasteiger partial charge on any atom is -0.462 e. The Labute approximate surface area is 202 Å². The number of ether oxygens (including phenoxy) is 1. The number of rotatable bonds is 10. The molecule has 0 N–H and O–H groups in total. The van der Waals surface area contributed by atoms with E-state index in [9.17, 15) is 9.59 Å². The van der Waals surface area contributed by atoms with Crippen molar-refractivity contribution < 1.29 is 14.3 Å². The third-order valence-corrected chi connectivity index (χ3v) is 10.4. The number of esters is 1. The van der Waals surface area contributed by atoms with Crippen molar-refractivity contribution in [3.8, 4) is 0 Å². The molecule has 0 saturated heterocycles. The molecule has 3 nitrogen and oxygen atoms in total. The monoisotopic (exact) mass is 456 g/mol. The summed E-state index contributed by atoms with van der Waals surface area (Å²) >= 11 is 0. The number of allylic oxidation sites excluding steroid dienone is 1. The molecule has 0 heterocycles. The quantitative estimate of drug-likeness (QED) is 0.247. The molecular formula is C30H48O3. The third kappa shape index (κ3) is 5.13. The van der Waals surface area contributed by atoms with Gasteiger partial charge in [0, 0.05) is 18.3 Å². The topological polar surface area (TPSA) is 43.4 Å². The van der Waals surface area contributed by atoms with Crippen LogP contribution < -0.4 is 0 Å². The maximum absolute atomic E-state index is 12.7. The number of fused-ring (bicyclic) bond motifs is 5. The van der Waals surface area contributed by atoms with Crippen LogP contribution in [0, 0.1) is 28.6 Å². The van der Waals surface area contributed by atoms with Crippen molar-refractivity contribution >= 4 is 11.8 Å². The fourth-order valence-corrected chi connectivity index (χ4v) is 8.33. The van der Waals surface area contributed by atoms with Gasteiger partial charge in [0.15, 0.2) is 5.78 Å². The van der Waals surface area contributed by atoms with E-state index in [0.717, 1.165) is 44.4 Å². The lowest BCUT2D eigenvalue weighted by atomic mass is 9.47. The molecule has 0 bridgehead atoms. The number of carbonyl (C=O) groups is 2. The van der Waals surface area contributed by atoms with Crippen LogP contribution in [0.1, 0.15) is 130 Å². The molecule has 0 aromatic rings. The van der Waals surface area contributed by atoms with Gasteiger partial charge in [-0.25, -0.2) is 0 Å². The smallest absolute Gasteiger partial charge is 0.306 e. The molecule has 33 heavy (non-hydrogen) atoms. The first-order valence-electron chi connectivity index (χ1n) is 14.3. The minimum absolute atomic E-state index is 0.0431. The van der Waals surface area contributed by atoms with E-state index >= 15 is 0 Å². The molecule has 4 aliphatic carbocycles. The van der Waals surface area contributed by atoms with Gasteiger partial charge in [0.25, 0.3) is 0 Å². The van der Waals surface area contributed by atoms with Gasteiger partial charge in [-0.3, -0.25) is 9.59 Å². The normalized spacial score (nSPS) is 37.7. The van der Waals surface area contributed by atoms with Crippen LogP contribution in [0.15, 0.2) is 11.6 Å². The van der Waals surface area contributed by atoms with Gasteiger partial charge in [0.1, 0.15) is 6.10 Å². The number of hydrogen-bond donors (Lipinski definition) is 0. The van der Waals surface area contributed by atoms with E-state index in [1.165, 1.54) is 69.8 Å². The van der Waals surface area contributed by atoms with E-state index in [2.05, 4.69) is 20.8 Å². The molecular weight excluding hydrogens is 408 g/mol. The highest BCUT2D eigenvalue weighted by Gasteiger charge is 2.59. The highest BCUT2D eigenvalue weighted by Crippen LogP contribution is 2.65. The Hall–Kier alpha value is -1.12. The van der Waals surface area contributed by atoms with Gasteiger partial charge in [0.2, 0.25) is 0 Å². The molecule has 0 radical (unpaired) electrons. The van der Waals surface area contributed by atoms with Crippen LogP contribution in [0.25, 0.3) is 0 Å². The zero-order chi connectivity index (χ0) is 23.5. The summed E-state index contributed by atoms with van der Waals surface area (Å²) in [6.45, 7) is 7.13. The van der Waals surface area contributed by atoms with Crippen LogP contribution in [0.4, 0.5) is 0 Å². The van der Waals surface area contributed by atoms with Crippen LogP contribution >= 0.6 is 0 Å². The molecule has 0 aromatic heterocycles. The lowest BCUT2D eigenvalue weighted by Crippen LogP contribution is -2.51. The molecule has 6 atom stereocenters. The average molecular weight is 457 g/mol. The molecule has 0 amide bonds. The fourth-order valence-electron chi connectivity index (χ4n) is 8.33. The van der Waals surface area contributed by atoms with Gasteiger partial charge in [-0.15, -0.1) is 0 Å². The molecule has 0 spiro atoms. The largest absolute Gasteiger partial charge is 0.462 e. The molecule has 3 heteroatoms. The van der Waals surface area contributed by atoms with Crippen molar-refractivity contribution in [2.24, 2.45) is 28.6 Å². The molecule has 0 aromatic carbocycles. The summed E-state index contributed by atoms with van der Waals surface area (Å²) in [6.07, 6.45) is 21.5. The highest BCUT2D eigenvalue weighted by atomic mass is 16.5. The Bertz CT molecular complexity index is 739. The second-order valence-electron chi connectivity index (χ2n) is 12.3. The van der Waals surface area contributed by atoms with E-state index < -0.39 is 0 Å². The third-order valence-electron chi connectivity index (χ3n) is 10.4. The standard InChI is InChI=1S/C30H48O3/c1-4-5-6-7-8-9-10-11-12-28(32)33-27-16-15-25-24-14-13-22-21-23(31)17-19-29(22,2)26(24)18-20-30(25,27)3/h21,24-27H,4-20H2,1-3H3/t24-,25-,26-,27-,29+,30-/m1/s1. The second kappa shape index (κ2) is 10.6. The molecule has 186 valence electrons. The van der Waals surface area contributed by atoms with E-state index in [-0.39, 0.29) is 22.9 Å². The first-order chi connectivity index (χ1) is 15.9. The number of unbranched alkanes of at least 4 members (excludes halogenated alkanes) is 7. The molecule has 3 saturated carbocycles. The van der Waals surface area contributed by atoms with E-state index in [1.807, 2.05) is 6.08 Å². The Kier molecular flexibility index (Phi) is 8.06. The van der Waals surface area contributed by atoms with Crippen molar-refractivity contribution in [1.82, 2.24) is 0 Å². The number of carbonyl (C=O) groups excluding carboxylic acids is 2. The summed E-state index contributed by atoms with van der Waals surface area (Å²) in [5.74, 6) is 2.49. The van der Waals surface area contributed by atoms with E-state index in [4.69, 9.17) is 4.74 Å². The molecule has 0 aliphatic heterocycles. The van der Waals surface area contributed by atoms with Crippen LogP contribution in [-0.2, 0) is 14.3 Å². The maximum atomic E-state index is 12.7. The summed E-state index contributed by atoms with van der Waals surface area (Å²) in [7, 11) is 0. The van der Waals surface area contributed by atoms with Gasteiger partial charge < -0.3 is 4.74 Å². The first-order valence-corrected chi connectivity index (χ1v) is 14.3. The average Bonchev–Trinajstić information content (AvgIpc) is 3.12. The number of hydrogen-bond acceptors (Lipinski definition) is 3. The SMILES string of the molecule is CCCCCCCCCCC(=O)O[C@@H]1CC[C@@H]2[C@H]3CCC4=CC(=O)CC[C@]4(C)[C@@H]3CC[C@]21C. The van der Waals surface area contributed by atoms with Crippen LogP contribution in [0.2, 0.25) is 0 Å². The summed E-state index contributed by atoms with van der Waals surface area (Å²) in [5.41, 5.74) is 1.82. The van der Waals surface area contributed by atoms with Gasteiger partial charge in [0.05, 0.1) is 0 Å². The Balaban J connectivity index is 1.27. The number of ketones is 1. The molecule has 4 rings (SSSR count). The van der Waals surface area contributed by atoms with Gasteiger partial charge >= 0.3 is 5.97 Å². The fraction of sp³-hybridized carbons (Fsp3) is 0.867. The lowest BCUT2D eigenvalue weighted by Gasteiger charge is -2.57. The van der Waals surface area contributed by atoms with Crippen molar-refractivity contribution in [3.63, 3.8) is 0 Å². The summed E-state index contributed by atoms with van der Waals surface area (Å²) in [4.78, 5) is 24.7. The minimum atomic E-state index is 0.0431. The molecule has 3 fully saturated rings. The molecule has 4 aliphatic rings. The summed E-state index contributed by atoms with van der Waals surface area (Å²) in [6, 6.07) is 0. The second-order valence-corrected chi connectivity index (χ2v) is 12.3. The van der Waals surface area contributed by atoms with E-state index in [0.29, 0.717) is 24.0 Å². The first kappa shape index (κ1) is 25.0. The van der Waals surface area contributed by atoms with Gasteiger partial charge in [-0.1, -0.05) is 71.3 Å². The zero-order valence-electron chi connectivity index (χ0n) is 21.6. The van der Waals surface area contributed by atoms with Crippen LogP contribution in [0.5, 0.6) is 0 Å². The van der Waals surface area contributed by atoms with Crippen molar-refractivity contribution in [1.29, 1.82) is 0 Å². The van der Waals surface area contributed by atoms with E-state index in [1.54, 1.807) is 0 Å². The molecule has 0 unspecified atom stereocenters. The maximum Gasteiger partial charge on any atom is 0.306 e. The van der Waals surface area contributed by atoms with Crippen molar-refractivity contribution in [2.45, 2.75) is 136 Å². The summed E-state index contributed by atoms with van der Waals surface area (Å²) in [5, 5.41) is 0. The van der Waals surface area contributed by atoms with Crippen molar-refractivity contribution in [3.05, 3.63) is 11.6 Å². The van der Waals surface area contributed by atoms with Crippen LogP contribution in [-0.4, -0.2) is 17.9 Å². The Morgan fingerprint density at radius 1 is 0.909 bits per heavy atom. The van der Waals surface area contributed by atoms with Crippen LogP contribution in [0.3, 0.4) is 0 Å². The van der Waals surface area contributed by atoms with Crippen molar-refractivity contribution in [2.75, 3.05) is 0 Å². The van der Waals surface area contributed by atoms with Gasteiger partial charge in [-0.05, 0) is 80.6 Å². The predicted molar refractivity (Wildman–Crippen MR) is 134 cm³/mol. The zero-order valence-corrected chi connectivity index (χ0v) is 21.6. The highest BCUT2D eigenvalue weighted by molar-refractivity contribution is 5.91. The Morgan fingerprint density at radius 2 is 1.64 bits per heavy atom. The summed E-state index contributed by atoms with van der Waals surface area (Å²) < 4.78 is 6.17. The lowest BCUT2D eigenvalue weighted by molar-refractivity contribution is -0.160.